The normalized spacial score (nSPS) is 12.9. The van der Waals surface area contributed by atoms with E-state index in [9.17, 15) is 0 Å². The number of allylic oxidation sites excluding steroid dienone is 2. The second-order valence-electron chi connectivity index (χ2n) is 19.3. The zero-order chi connectivity index (χ0) is 51.3. The van der Waals surface area contributed by atoms with Crippen molar-refractivity contribution in [1.29, 1.82) is 0 Å². The number of hydrogen-bond acceptors (Lipinski definition) is 5. The van der Waals surface area contributed by atoms with Gasteiger partial charge >= 0.3 is 0 Å². The zero-order valence-electron chi connectivity index (χ0n) is 42.4. The molecule has 5 nitrogen and oxygen atoms in total. The van der Waals surface area contributed by atoms with Gasteiger partial charge in [0.1, 0.15) is 11.2 Å². The standard InChI is InChI=1S/C72H54N4O/c1-9-25-53(26-10-1)65-49-61(73(55-29-13-3-14-30-55)56-31-15-4-16-32-56)41-45-69(65)75(59-37-21-7-22-38-59)63-43-47-71-67(51-63)68-52-64(44-48-72(68)77-71)76(60-39-23-8-24-40-60)70-46-42-62(50-66(70)54-27-11-2-12-28-54)74(57-33-17-5-18-34-57)58-35-19-6-20-36-58/h1-39,41-52,60H,40H2. The molecule has 1 atom stereocenters. The van der Waals surface area contributed by atoms with Crippen molar-refractivity contribution in [2.45, 2.75) is 12.5 Å². The van der Waals surface area contributed by atoms with Crippen LogP contribution in [0.15, 0.2) is 314 Å². The van der Waals surface area contributed by atoms with Gasteiger partial charge in [-0.2, -0.15) is 0 Å². The summed E-state index contributed by atoms with van der Waals surface area (Å²) in [6.45, 7) is 0. The first-order valence-electron chi connectivity index (χ1n) is 26.4. The lowest BCUT2D eigenvalue weighted by Gasteiger charge is -2.35. The molecule has 368 valence electrons. The van der Waals surface area contributed by atoms with Crippen LogP contribution in [0.4, 0.5) is 62.6 Å². The molecule has 0 aliphatic heterocycles. The molecule has 0 saturated carbocycles. The number of hydrogen-bond donors (Lipinski definition) is 0. The Morgan fingerprint density at radius 1 is 0.299 bits per heavy atom. The Balaban J connectivity index is 0.968. The molecular weight excluding hydrogens is 937 g/mol. The lowest BCUT2D eigenvalue weighted by atomic mass is 9.97. The Hall–Kier alpha value is -10.1. The van der Waals surface area contributed by atoms with Crippen molar-refractivity contribution in [3.8, 4) is 22.3 Å². The van der Waals surface area contributed by atoms with E-state index >= 15 is 0 Å². The predicted molar refractivity (Wildman–Crippen MR) is 324 cm³/mol. The van der Waals surface area contributed by atoms with E-state index in [1.807, 2.05) is 0 Å². The molecule has 0 fully saturated rings. The minimum absolute atomic E-state index is 0.0477. The number of anilines is 11. The van der Waals surface area contributed by atoms with Gasteiger partial charge in [-0.3, -0.25) is 0 Å². The summed E-state index contributed by atoms with van der Waals surface area (Å²) in [6, 6.07) is 102. The molecule has 1 heterocycles. The van der Waals surface area contributed by atoms with E-state index < -0.39 is 0 Å². The molecule has 1 unspecified atom stereocenters. The quantitative estimate of drug-likeness (QED) is 0.108. The molecule has 0 saturated heterocycles. The van der Waals surface area contributed by atoms with Gasteiger partial charge in [0, 0.05) is 78.8 Å². The average molecular weight is 991 g/mol. The van der Waals surface area contributed by atoms with Gasteiger partial charge in [0.15, 0.2) is 0 Å². The van der Waals surface area contributed by atoms with E-state index in [1.165, 1.54) is 0 Å². The molecule has 12 aromatic rings. The van der Waals surface area contributed by atoms with Crippen LogP contribution in [0.25, 0.3) is 44.2 Å². The highest BCUT2D eigenvalue weighted by Gasteiger charge is 2.26. The van der Waals surface area contributed by atoms with E-state index in [2.05, 4.69) is 329 Å². The van der Waals surface area contributed by atoms with Gasteiger partial charge in [0.2, 0.25) is 0 Å². The maximum absolute atomic E-state index is 6.75. The Morgan fingerprint density at radius 3 is 1.10 bits per heavy atom. The Labute approximate surface area is 450 Å². The fraction of sp³-hybridized carbons (Fsp3) is 0.0278. The van der Waals surface area contributed by atoms with Gasteiger partial charge in [-0.1, -0.05) is 176 Å². The monoisotopic (exact) mass is 990 g/mol. The van der Waals surface area contributed by atoms with Gasteiger partial charge < -0.3 is 24.0 Å². The number of benzene rings is 11. The number of para-hydroxylation sites is 5. The van der Waals surface area contributed by atoms with Crippen LogP contribution in [0.3, 0.4) is 0 Å². The molecule has 1 aliphatic carbocycles. The maximum Gasteiger partial charge on any atom is 0.135 e. The lowest BCUT2D eigenvalue weighted by Crippen LogP contribution is -2.30. The first kappa shape index (κ1) is 46.7. The van der Waals surface area contributed by atoms with E-state index in [1.54, 1.807) is 0 Å². The fourth-order valence-electron chi connectivity index (χ4n) is 10.9. The molecular formula is C72H54N4O. The molecule has 0 bridgehead atoms. The maximum atomic E-state index is 6.75. The number of rotatable bonds is 14. The van der Waals surface area contributed by atoms with Crippen LogP contribution in [0.2, 0.25) is 0 Å². The highest BCUT2D eigenvalue weighted by atomic mass is 16.3. The third-order valence-electron chi connectivity index (χ3n) is 14.5. The molecule has 11 aromatic carbocycles. The molecule has 1 aromatic heterocycles. The first-order valence-corrected chi connectivity index (χ1v) is 26.4. The van der Waals surface area contributed by atoms with Gasteiger partial charge in [0.05, 0.1) is 11.7 Å². The Bertz CT molecular complexity index is 3930. The van der Waals surface area contributed by atoms with E-state index in [0.717, 1.165) is 113 Å². The fourth-order valence-corrected chi connectivity index (χ4v) is 10.9. The van der Waals surface area contributed by atoms with Crippen molar-refractivity contribution in [3.63, 3.8) is 0 Å². The molecule has 5 heteroatoms. The van der Waals surface area contributed by atoms with Crippen LogP contribution in [-0.4, -0.2) is 6.04 Å². The molecule has 0 spiro atoms. The summed E-state index contributed by atoms with van der Waals surface area (Å²) in [6.07, 6.45) is 9.78. The van der Waals surface area contributed by atoms with E-state index in [0.29, 0.717) is 0 Å². The van der Waals surface area contributed by atoms with E-state index in [4.69, 9.17) is 4.42 Å². The highest BCUT2D eigenvalue weighted by molar-refractivity contribution is 6.08. The molecule has 77 heavy (non-hydrogen) atoms. The van der Waals surface area contributed by atoms with Crippen molar-refractivity contribution in [3.05, 3.63) is 309 Å². The van der Waals surface area contributed by atoms with Crippen LogP contribution in [0, 0.1) is 0 Å². The summed E-state index contributed by atoms with van der Waals surface area (Å²) in [7, 11) is 0. The highest BCUT2D eigenvalue weighted by Crippen LogP contribution is 2.48. The minimum atomic E-state index is 0.0477. The smallest absolute Gasteiger partial charge is 0.135 e. The molecule has 13 rings (SSSR count). The van der Waals surface area contributed by atoms with Gasteiger partial charge in [-0.05, 0) is 151 Å². The number of fused-ring (bicyclic) bond motifs is 3. The summed E-state index contributed by atoms with van der Waals surface area (Å²) in [5.41, 5.74) is 18.0. The van der Waals surface area contributed by atoms with Gasteiger partial charge in [-0.25, -0.2) is 0 Å². The number of furan rings is 1. The van der Waals surface area contributed by atoms with Crippen LogP contribution < -0.4 is 19.6 Å². The van der Waals surface area contributed by atoms with Crippen molar-refractivity contribution in [2.75, 3.05) is 19.6 Å². The summed E-state index contributed by atoms with van der Waals surface area (Å²) in [4.78, 5) is 9.57. The van der Waals surface area contributed by atoms with Crippen molar-refractivity contribution in [2.24, 2.45) is 0 Å². The molecule has 0 radical (unpaired) electrons. The topological polar surface area (TPSA) is 26.1 Å². The largest absolute Gasteiger partial charge is 0.456 e. The van der Waals surface area contributed by atoms with Crippen LogP contribution in [-0.2, 0) is 0 Å². The van der Waals surface area contributed by atoms with Crippen molar-refractivity contribution in [1.82, 2.24) is 0 Å². The SMILES string of the molecule is C1=CCC(N(c2ccc3oc4ccc(N(c5ccccc5)c5ccc(N(c6ccccc6)c6ccccc6)cc5-c5ccccc5)cc4c3c2)c2ccc(N(c3ccccc3)c3ccccc3)cc2-c2ccccc2)C=C1. The molecule has 0 N–H and O–H groups in total. The second kappa shape index (κ2) is 21.0. The second-order valence-corrected chi connectivity index (χ2v) is 19.3. The van der Waals surface area contributed by atoms with Gasteiger partial charge in [-0.15, -0.1) is 0 Å². The summed E-state index contributed by atoms with van der Waals surface area (Å²) < 4.78 is 6.75. The van der Waals surface area contributed by atoms with Crippen LogP contribution in [0.5, 0.6) is 0 Å². The third kappa shape index (κ3) is 9.32. The zero-order valence-corrected chi connectivity index (χ0v) is 42.4. The lowest BCUT2D eigenvalue weighted by molar-refractivity contribution is 0.669. The third-order valence-corrected chi connectivity index (χ3v) is 14.5. The summed E-state index contributed by atoms with van der Waals surface area (Å²) in [5.74, 6) is 0. The predicted octanol–water partition coefficient (Wildman–Crippen LogP) is 20.4. The molecule has 0 amide bonds. The summed E-state index contributed by atoms with van der Waals surface area (Å²) >= 11 is 0. The van der Waals surface area contributed by atoms with Crippen LogP contribution >= 0.6 is 0 Å². The molecule has 1 aliphatic rings. The average Bonchev–Trinajstić information content (AvgIpc) is 3.89. The van der Waals surface area contributed by atoms with Crippen LogP contribution in [0.1, 0.15) is 6.42 Å². The Morgan fingerprint density at radius 2 is 0.662 bits per heavy atom. The van der Waals surface area contributed by atoms with E-state index in [-0.39, 0.29) is 6.04 Å². The number of nitrogens with zero attached hydrogens (tertiary/aromatic N) is 4. The summed E-state index contributed by atoms with van der Waals surface area (Å²) in [5, 5.41) is 2.08. The Kier molecular flexibility index (Phi) is 12.7. The first-order chi connectivity index (χ1) is 38.2. The minimum Gasteiger partial charge on any atom is -0.456 e. The van der Waals surface area contributed by atoms with Crippen molar-refractivity contribution < 1.29 is 4.42 Å². The van der Waals surface area contributed by atoms with Gasteiger partial charge in [0.25, 0.3) is 0 Å². The van der Waals surface area contributed by atoms with Crippen molar-refractivity contribution >= 4 is 84.5 Å².